The molecule has 0 spiro atoms. The number of guanidine groups is 1. The molecule has 10 heteroatoms. The van der Waals surface area contributed by atoms with Gasteiger partial charge in [0.25, 0.3) is 5.96 Å². The summed E-state index contributed by atoms with van der Waals surface area (Å²) >= 11 is 0. The average molecular weight is 284 g/mol. The molecular formula is C10H16N6O4. The molecule has 1 aromatic heterocycles. The molecule has 1 fully saturated rings. The number of aromatic nitrogens is 2. The first kappa shape index (κ1) is 14.2. The van der Waals surface area contributed by atoms with Crippen LogP contribution in [0.1, 0.15) is 5.69 Å². The van der Waals surface area contributed by atoms with Gasteiger partial charge >= 0.3 is 0 Å². The first-order chi connectivity index (χ1) is 9.58. The molecule has 0 bridgehead atoms. The number of nitrogens with zero attached hydrogens (tertiary/aromatic N) is 4. The topological polar surface area (TPSA) is 118 Å². The first-order valence-corrected chi connectivity index (χ1v) is 5.88. The summed E-state index contributed by atoms with van der Waals surface area (Å²) in [5, 5.41) is 16.0. The van der Waals surface area contributed by atoms with E-state index in [1.807, 2.05) is 0 Å². The molecule has 1 aliphatic rings. The van der Waals surface area contributed by atoms with E-state index in [0.29, 0.717) is 13.1 Å². The minimum absolute atomic E-state index is 0.161. The van der Waals surface area contributed by atoms with E-state index in [1.165, 1.54) is 20.5 Å². The second-order valence-corrected chi connectivity index (χ2v) is 4.27. The van der Waals surface area contributed by atoms with Gasteiger partial charge in [0.15, 0.2) is 5.03 Å². The summed E-state index contributed by atoms with van der Waals surface area (Å²) in [5.74, 6) is -0.718. The summed E-state index contributed by atoms with van der Waals surface area (Å²) in [6.07, 6.45) is 3.18. The molecule has 0 amide bonds. The summed E-state index contributed by atoms with van der Waals surface area (Å²) in [4.78, 5) is 19.1. The molecule has 0 saturated carbocycles. The Hall–Kier alpha value is -2.20. The van der Waals surface area contributed by atoms with Crippen LogP contribution in [0.15, 0.2) is 17.6 Å². The maximum absolute atomic E-state index is 10.6. The largest absolute Gasteiger partial charge is 0.350 e. The lowest BCUT2D eigenvalue weighted by Crippen LogP contribution is -2.62. The molecule has 0 unspecified atom stereocenters. The summed E-state index contributed by atoms with van der Waals surface area (Å²) in [6, 6.07) is 0. The van der Waals surface area contributed by atoms with Gasteiger partial charge in [0, 0.05) is 20.4 Å². The Kier molecular flexibility index (Phi) is 4.15. The average Bonchev–Trinajstić information content (AvgIpc) is 2.93. The van der Waals surface area contributed by atoms with Crippen molar-refractivity contribution in [1.29, 1.82) is 0 Å². The van der Waals surface area contributed by atoms with E-state index in [9.17, 15) is 10.1 Å². The highest BCUT2D eigenvalue weighted by molar-refractivity contribution is 5.80. The van der Waals surface area contributed by atoms with Gasteiger partial charge in [0.2, 0.25) is 5.79 Å². The quantitative estimate of drug-likeness (QED) is 0.419. The van der Waals surface area contributed by atoms with Crippen LogP contribution in [-0.2, 0) is 16.0 Å². The number of ether oxygens (including phenoxy) is 2. The van der Waals surface area contributed by atoms with E-state index in [1.54, 1.807) is 11.1 Å². The van der Waals surface area contributed by atoms with Crippen LogP contribution in [0.5, 0.6) is 0 Å². The van der Waals surface area contributed by atoms with E-state index < -0.39 is 10.8 Å². The molecule has 1 aromatic rings. The van der Waals surface area contributed by atoms with Crippen molar-refractivity contribution in [3.63, 3.8) is 0 Å². The number of hydrazone groups is 1. The predicted octanol–water partition coefficient (Wildman–Crippen LogP) is -0.648. The number of nitro groups is 1. The van der Waals surface area contributed by atoms with E-state index in [4.69, 9.17) is 9.47 Å². The molecule has 110 valence electrons. The first-order valence-electron chi connectivity index (χ1n) is 5.88. The number of imidazole rings is 1. The fraction of sp³-hybridized carbons (Fsp3) is 0.600. The molecule has 2 N–H and O–H groups in total. The smallest absolute Gasteiger partial charge is 0.272 e. The van der Waals surface area contributed by atoms with Crippen molar-refractivity contribution in [1.82, 2.24) is 20.2 Å². The van der Waals surface area contributed by atoms with Crippen LogP contribution in [0.4, 0.5) is 0 Å². The van der Waals surface area contributed by atoms with Crippen molar-refractivity contribution in [2.24, 2.45) is 5.10 Å². The van der Waals surface area contributed by atoms with Crippen LogP contribution < -0.4 is 5.32 Å². The normalized spacial score (nSPS) is 19.9. The van der Waals surface area contributed by atoms with Gasteiger partial charge in [-0.2, -0.15) is 0 Å². The molecular weight excluding hydrogens is 268 g/mol. The van der Waals surface area contributed by atoms with Crippen LogP contribution in [-0.4, -0.2) is 59.0 Å². The summed E-state index contributed by atoms with van der Waals surface area (Å²) in [7, 11) is 3.05. The van der Waals surface area contributed by atoms with Crippen LogP contribution in [0.3, 0.4) is 0 Å². The molecule has 20 heavy (non-hydrogen) atoms. The molecule has 0 atom stereocenters. The minimum atomic E-state index is -0.879. The highest BCUT2D eigenvalue weighted by Crippen LogP contribution is 2.18. The minimum Gasteiger partial charge on any atom is -0.350 e. The van der Waals surface area contributed by atoms with Gasteiger partial charge in [-0.05, 0) is 0 Å². The zero-order chi connectivity index (χ0) is 14.6. The van der Waals surface area contributed by atoms with E-state index in [-0.39, 0.29) is 12.5 Å². The van der Waals surface area contributed by atoms with E-state index >= 15 is 0 Å². The van der Waals surface area contributed by atoms with Crippen molar-refractivity contribution in [3.05, 3.63) is 28.3 Å². The van der Waals surface area contributed by atoms with Crippen LogP contribution in [0.2, 0.25) is 0 Å². The van der Waals surface area contributed by atoms with Crippen molar-refractivity contribution in [2.45, 2.75) is 12.3 Å². The zero-order valence-electron chi connectivity index (χ0n) is 11.2. The third-order valence-electron chi connectivity index (χ3n) is 3.08. The van der Waals surface area contributed by atoms with Crippen molar-refractivity contribution in [3.8, 4) is 0 Å². The Bertz CT molecular complexity index is 484. The second-order valence-electron chi connectivity index (χ2n) is 4.27. The molecule has 2 rings (SSSR count). The molecule has 1 aliphatic heterocycles. The van der Waals surface area contributed by atoms with E-state index in [0.717, 1.165) is 5.69 Å². The van der Waals surface area contributed by atoms with Gasteiger partial charge in [-0.15, -0.1) is 0 Å². The predicted molar refractivity (Wildman–Crippen MR) is 68.2 cm³/mol. The molecule has 1 saturated heterocycles. The maximum Gasteiger partial charge on any atom is 0.272 e. The Morgan fingerprint density at radius 2 is 2.35 bits per heavy atom. The Morgan fingerprint density at radius 3 is 2.90 bits per heavy atom. The lowest BCUT2D eigenvalue weighted by molar-refractivity contribution is -0.486. The van der Waals surface area contributed by atoms with Crippen molar-refractivity contribution in [2.75, 3.05) is 27.3 Å². The van der Waals surface area contributed by atoms with Gasteiger partial charge in [0.05, 0.1) is 31.7 Å². The van der Waals surface area contributed by atoms with Gasteiger partial charge < -0.3 is 24.7 Å². The Morgan fingerprint density at radius 1 is 1.60 bits per heavy atom. The van der Waals surface area contributed by atoms with Crippen LogP contribution >= 0.6 is 0 Å². The summed E-state index contributed by atoms with van der Waals surface area (Å²) in [5.41, 5.74) is 0.797. The SMILES string of the molecule is COC1(OC)CNC(=N[N+](=O)[O-])N(Cc2cnc[nH]2)C1. The number of methoxy groups -OCH3 is 2. The molecule has 0 aromatic carbocycles. The third kappa shape index (κ3) is 3.03. The summed E-state index contributed by atoms with van der Waals surface area (Å²) < 4.78 is 10.7. The van der Waals surface area contributed by atoms with Crippen molar-refractivity contribution >= 4 is 5.96 Å². The number of hydrogen-bond acceptors (Lipinski definition) is 5. The van der Waals surface area contributed by atoms with E-state index in [2.05, 4.69) is 20.4 Å². The standard InChI is InChI=1S/C10H16N6O4/c1-19-10(20-2)5-12-9(14-16(17)18)15(6-10)4-8-3-11-7-13-8/h3,7H,4-6H2,1-2H3,(H,11,13)(H,12,14). The van der Waals surface area contributed by atoms with Crippen molar-refractivity contribution < 1.29 is 14.5 Å². The number of aromatic amines is 1. The van der Waals surface area contributed by atoms with Gasteiger partial charge in [-0.1, -0.05) is 0 Å². The number of nitrogens with one attached hydrogen (secondary N) is 2. The van der Waals surface area contributed by atoms with Gasteiger partial charge in [0.1, 0.15) is 5.10 Å². The zero-order valence-corrected chi connectivity index (χ0v) is 11.2. The number of hydrogen-bond donors (Lipinski definition) is 2. The molecule has 0 radical (unpaired) electrons. The summed E-state index contributed by atoms with van der Waals surface area (Å²) in [6.45, 7) is 0.943. The lowest BCUT2D eigenvalue weighted by atomic mass is 10.2. The number of rotatable bonds is 5. The Balaban J connectivity index is 2.20. The molecule has 0 aliphatic carbocycles. The second kappa shape index (κ2) is 5.84. The maximum atomic E-state index is 10.6. The lowest BCUT2D eigenvalue weighted by Gasteiger charge is -2.41. The molecule has 10 nitrogen and oxygen atoms in total. The van der Waals surface area contributed by atoms with Crippen LogP contribution in [0.25, 0.3) is 0 Å². The molecule has 2 heterocycles. The fourth-order valence-corrected chi connectivity index (χ4v) is 1.99. The number of H-pyrrole nitrogens is 1. The van der Waals surface area contributed by atoms with Gasteiger partial charge in [-0.25, -0.2) is 15.1 Å². The fourth-order valence-electron chi connectivity index (χ4n) is 1.99. The highest BCUT2D eigenvalue weighted by Gasteiger charge is 2.39. The Labute approximate surface area is 114 Å². The van der Waals surface area contributed by atoms with Gasteiger partial charge in [-0.3, -0.25) is 0 Å². The third-order valence-corrected chi connectivity index (χ3v) is 3.08. The highest BCUT2D eigenvalue weighted by atomic mass is 16.7. The van der Waals surface area contributed by atoms with Crippen LogP contribution in [0, 0.1) is 10.1 Å². The monoisotopic (exact) mass is 284 g/mol.